The molecule has 1 amide bonds. The molecule has 0 saturated heterocycles. The van der Waals surface area contributed by atoms with Gasteiger partial charge >= 0.3 is 0 Å². The highest BCUT2D eigenvalue weighted by molar-refractivity contribution is 6.00. The van der Waals surface area contributed by atoms with Gasteiger partial charge < -0.3 is 10.1 Å². The molecule has 0 radical (unpaired) electrons. The molecule has 6 rings (SSSR count). The smallest absolute Gasteiger partial charge is 0.236 e. The summed E-state index contributed by atoms with van der Waals surface area (Å²) in [5.41, 5.74) is 4.73. The number of aromatic nitrogens is 4. The molecule has 2 aromatic heterocycles. The lowest BCUT2D eigenvalue weighted by atomic mass is 9.87. The van der Waals surface area contributed by atoms with Crippen LogP contribution < -0.4 is 10.1 Å². The molecule has 0 spiro atoms. The second kappa shape index (κ2) is 7.56. The molecule has 160 valence electrons. The molecule has 1 aliphatic rings. The number of para-hydroxylation sites is 2. The van der Waals surface area contributed by atoms with Gasteiger partial charge in [0.2, 0.25) is 5.91 Å². The van der Waals surface area contributed by atoms with Gasteiger partial charge in [0.1, 0.15) is 11.5 Å². The molecule has 3 heterocycles. The molecular formula is C26H19N5O2. The molecule has 0 aliphatic carbocycles. The number of rotatable bonds is 3. The van der Waals surface area contributed by atoms with E-state index in [1.54, 1.807) is 4.52 Å². The van der Waals surface area contributed by atoms with Crippen molar-refractivity contribution in [2.45, 2.75) is 12.8 Å². The number of carbonyl (C=O) groups is 1. The number of hydrogen-bond acceptors (Lipinski definition) is 5. The summed E-state index contributed by atoms with van der Waals surface area (Å²) in [5.74, 6) is 1.53. The van der Waals surface area contributed by atoms with Crippen LogP contribution in [0.4, 0.5) is 5.69 Å². The number of fused-ring (bicyclic) bond motifs is 3. The average molecular weight is 433 g/mol. The number of carbonyl (C=O) groups excluding carboxylic acids is 1. The Hall–Kier alpha value is -4.52. The number of benzene rings is 3. The molecule has 0 saturated carbocycles. The van der Waals surface area contributed by atoms with E-state index in [0.29, 0.717) is 28.7 Å². The van der Waals surface area contributed by atoms with Crippen LogP contribution in [-0.4, -0.2) is 25.7 Å². The van der Waals surface area contributed by atoms with Gasteiger partial charge in [0, 0.05) is 22.4 Å². The molecule has 0 atom stereocenters. The maximum Gasteiger partial charge on any atom is 0.236 e. The van der Waals surface area contributed by atoms with Gasteiger partial charge in [-0.15, -0.1) is 10.2 Å². The molecule has 0 unspecified atom stereocenters. The van der Waals surface area contributed by atoms with E-state index < -0.39 is 5.92 Å². The van der Waals surface area contributed by atoms with E-state index in [4.69, 9.17) is 4.74 Å². The number of ether oxygens (including phenoxy) is 1. The predicted octanol–water partition coefficient (Wildman–Crippen LogP) is 4.98. The van der Waals surface area contributed by atoms with E-state index in [9.17, 15) is 4.79 Å². The van der Waals surface area contributed by atoms with Crippen molar-refractivity contribution < 1.29 is 9.53 Å². The van der Waals surface area contributed by atoms with Gasteiger partial charge in [0.05, 0.1) is 11.6 Å². The molecule has 3 aromatic carbocycles. The summed E-state index contributed by atoms with van der Waals surface area (Å²) < 4.78 is 7.73. The zero-order valence-corrected chi connectivity index (χ0v) is 17.8. The summed E-state index contributed by atoms with van der Waals surface area (Å²) in [5, 5.41) is 15.9. The SMILES string of the molecule is Cc1nnc2ccc(-c3cccc(NC(=O)C4c5ccccc5Oc5ccccc54)c3)nn12. The van der Waals surface area contributed by atoms with Crippen LogP contribution >= 0.6 is 0 Å². The molecule has 0 bridgehead atoms. The first-order valence-corrected chi connectivity index (χ1v) is 10.6. The van der Waals surface area contributed by atoms with Crippen LogP contribution in [0.15, 0.2) is 84.9 Å². The van der Waals surface area contributed by atoms with Gasteiger partial charge in [0.15, 0.2) is 11.5 Å². The lowest BCUT2D eigenvalue weighted by molar-refractivity contribution is -0.116. The fraction of sp³-hybridized carbons (Fsp3) is 0.0769. The van der Waals surface area contributed by atoms with Gasteiger partial charge in [-0.05, 0) is 43.3 Å². The Balaban J connectivity index is 1.34. The molecule has 7 heteroatoms. The Morgan fingerprint density at radius 2 is 1.61 bits per heavy atom. The summed E-state index contributed by atoms with van der Waals surface area (Å²) >= 11 is 0. The van der Waals surface area contributed by atoms with Crippen molar-refractivity contribution in [2.24, 2.45) is 0 Å². The standard InChI is InChI=1S/C26H19N5O2/c1-16-28-29-24-14-13-21(30-31(16)24)17-7-6-8-18(15-17)27-26(32)25-19-9-2-4-11-22(19)33-23-12-5-3-10-20(23)25/h2-15,25H,1H3,(H,27,32). The van der Waals surface area contributed by atoms with E-state index >= 15 is 0 Å². The first-order valence-electron chi connectivity index (χ1n) is 10.6. The van der Waals surface area contributed by atoms with Crippen LogP contribution in [0.5, 0.6) is 11.5 Å². The van der Waals surface area contributed by atoms with Gasteiger partial charge in [-0.2, -0.15) is 9.61 Å². The Labute approximate surface area is 189 Å². The molecule has 1 aliphatic heterocycles. The van der Waals surface area contributed by atoms with E-state index in [0.717, 1.165) is 22.4 Å². The van der Waals surface area contributed by atoms with E-state index in [-0.39, 0.29) is 5.91 Å². The summed E-state index contributed by atoms with van der Waals surface area (Å²) in [6, 6.07) is 26.8. The normalized spacial score (nSPS) is 12.6. The van der Waals surface area contributed by atoms with Gasteiger partial charge in [-0.25, -0.2) is 0 Å². The van der Waals surface area contributed by atoms with E-state index in [1.807, 2.05) is 91.9 Å². The topological polar surface area (TPSA) is 81.4 Å². The van der Waals surface area contributed by atoms with Crippen molar-refractivity contribution in [3.05, 3.63) is 102 Å². The summed E-state index contributed by atoms with van der Waals surface area (Å²) in [7, 11) is 0. The van der Waals surface area contributed by atoms with Crippen molar-refractivity contribution in [2.75, 3.05) is 5.32 Å². The molecule has 0 fully saturated rings. The predicted molar refractivity (Wildman–Crippen MR) is 124 cm³/mol. The minimum absolute atomic E-state index is 0.117. The third-order valence-electron chi connectivity index (χ3n) is 5.79. The molecular weight excluding hydrogens is 414 g/mol. The summed E-state index contributed by atoms with van der Waals surface area (Å²) in [6.07, 6.45) is 0. The van der Waals surface area contributed by atoms with Crippen molar-refractivity contribution in [3.63, 3.8) is 0 Å². The zero-order chi connectivity index (χ0) is 22.4. The fourth-order valence-corrected chi connectivity index (χ4v) is 4.21. The van der Waals surface area contributed by atoms with Gasteiger partial charge in [-0.1, -0.05) is 48.5 Å². The number of aryl methyl sites for hydroxylation is 1. The average Bonchev–Trinajstić information content (AvgIpc) is 3.22. The Morgan fingerprint density at radius 1 is 0.879 bits per heavy atom. The maximum absolute atomic E-state index is 13.5. The largest absolute Gasteiger partial charge is 0.457 e. The van der Waals surface area contributed by atoms with Crippen LogP contribution in [0.25, 0.3) is 16.9 Å². The van der Waals surface area contributed by atoms with Crippen molar-refractivity contribution >= 4 is 17.2 Å². The van der Waals surface area contributed by atoms with Gasteiger partial charge in [0.25, 0.3) is 0 Å². The second-order valence-electron chi connectivity index (χ2n) is 7.92. The number of amides is 1. The zero-order valence-electron chi connectivity index (χ0n) is 17.8. The summed E-state index contributed by atoms with van der Waals surface area (Å²) in [6.45, 7) is 1.86. The number of nitrogens with zero attached hydrogens (tertiary/aromatic N) is 4. The van der Waals surface area contributed by atoms with Crippen LogP contribution in [-0.2, 0) is 4.79 Å². The Kier molecular flexibility index (Phi) is 4.40. The maximum atomic E-state index is 13.5. The van der Waals surface area contributed by atoms with Crippen LogP contribution in [0.2, 0.25) is 0 Å². The van der Waals surface area contributed by atoms with Crippen LogP contribution in [0.3, 0.4) is 0 Å². The lowest BCUT2D eigenvalue weighted by Crippen LogP contribution is -2.25. The molecule has 1 N–H and O–H groups in total. The quantitative estimate of drug-likeness (QED) is 0.434. The number of hydrogen-bond donors (Lipinski definition) is 1. The van der Waals surface area contributed by atoms with E-state index in [2.05, 4.69) is 20.6 Å². The van der Waals surface area contributed by atoms with Crippen LogP contribution in [0, 0.1) is 6.92 Å². The second-order valence-corrected chi connectivity index (χ2v) is 7.92. The first kappa shape index (κ1) is 19.2. The Morgan fingerprint density at radius 3 is 2.36 bits per heavy atom. The molecule has 5 aromatic rings. The van der Waals surface area contributed by atoms with E-state index in [1.165, 1.54) is 0 Å². The molecule has 33 heavy (non-hydrogen) atoms. The number of anilines is 1. The number of nitrogens with one attached hydrogen (secondary N) is 1. The third kappa shape index (κ3) is 3.30. The van der Waals surface area contributed by atoms with Crippen molar-refractivity contribution in [1.29, 1.82) is 0 Å². The van der Waals surface area contributed by atoms with Crippen molar-refractivity contribution in [1.82, 2.24) is 19.8 Å². The van der Waals surface area contributed by atoms with Crippen LogP contribution in [0.1, 0.15) is 22.9 Å². The Bertz CT molecular complexity index is 1480. The first-order chi connectivity index (χ1) is 16.2. The fourth-order valence-electron chi connectivity index (χ4n) is 4.21. The highest BCUT2D eigenvalue weighted by Crippen LogP contribution is 2.44. The molecule has 7 nitrogen and oxygen atoms in total. The highest BCUT2D eigenvalue weighted by atomic mass is 16.5. The summed E-state index contributed by atoms with van der Waals surface area (Å²) in [4.78, 5) is 13.5. The highest BCUT2D eigenvalue weighted by Gasteiger charge is 2.32. The van der Waals surface area contributed by atoms with Gasteiger partial charge in [-0.3, -0.25) is 4.79 Å². The van der Waals surface area contributed by atoms with Crippen molar-refractivity contribution in [3.8, 4) is 22.8 Å². The minimum Gasteiger partial charge on any atom is -0.457 e. The lowest BCUT2D eigenvalue weighted by Gasteiger charge is -2.27. The minimum atomic E-state index is -0.469. The third-order valence-corrected chi connectivity index (χ3v) is 5.79. The monoisotopic (exact) mass is 433 g/mol.